The number of esters is 1. The van der Waals surface area contributed by atoms with Crippen LogP contribution in [0.25, 0.3) is 11.1 Å². The normalized spacial score (nSPS) is 11.7. The van der Waals surface area contributed by atoms with E-state index in [1.54, 1.807) is 36.8 Å². The van der Waals surface area contributed by atoms with Gasteiger partial charge in [-0.05, 0) is 31.5 Å². The summed E-state index contributed by atoms with van der Waals surface area (Å²) in [4.78, 5) is 32.9. The van der Waals surface area contributed by atoms with Gasteiger partial charge in [0.2, 0.25) is 0 Å². The van der Waals surface area contributed by atoms with E-state index in [-0.39, 0.29) is 17.6 Å². The molecule has 0 aliphatic carbocycles. The van der Waals surface area contributed by atoms with E-state index >= 15 is 0 Å². The molecule has 0 fully saturated rings. The van der Waals surface area contributed by atoms with Crippen molar-refractivity contribution in [1.29, 1.82) is 0 Å². The van der Waals surface area contributed by atoms with E-state index in [9.17, 15) is 9.59 Å². The molecule has 0 aliphatic heterocycles. The molecule has 8 nitrogen and oxygen atoms in total. The lowest BCUT2D eigenvalue weighted by atomic mass is 10.0. The number of rotatable bonds is 6. The Balaban J connectivity index is 1.79. The third-order valence-corrected chi connectivity index (χ3v) is 4.25. The van der Waals surface area contributed by atoms with E-state index in [4.69, 9.17) is 4.74 Å². The fourth-order valence-electron chi connectivity index (χ4n) is 2.95. The van der Waals surface area contributed by atoms with E-state index in [1.165, 1.54) is 7.11 Å². The van der Waals surface area contributed by atoms with E-state index < -0.39 is 5.97 Å². The topological polar surface area (TPSA) is 110 Å². The summed E-state index contributed by atoms with van der Waals surface area (Å²) in [5.41, 5.74) is 3.53. The van der Waals surface area contributed by atoms with Gasteiger partial charge in [0.1, 0.15) is 0 Å². The molecule has 0 aliphatic rings. The van der Waals surface area contributed by atoms with Crippen molar-refractivity contribution in [2.24, 2.45) is 0 Å². The molecule has 1 amide bonds. The van der Waals surface area contributed by atoms with Crippen molar-refractivity contribution in [3.05, 3.63) is 65.5 Å². The summed E-state index contributed by atoms with van der Waals surface area (Å²) < 4.78 is 4.79. The quantitative estimate of drug-likeness (QED) is 0.636. The predicted molar refractivity (Wildman–Crippen MR) is 103 cm³/mol. The summed E-state index contributed by atoms with van der Waals surface area (Å²) in [7, 11) is 1.30. The molecule has 2 N–H and O–H groups in total. The minimum absolute atomic E-state index is 0.117. The van der Waals surface area contributed by atoms with Crippen LogP contribution in [-0.2, 0) is 11.2 Å². The number of aromatic amines is 1. The van der Waals surface area contributed by atoms with Gasteiger partial charge < -0.3 is 10.1 Å². The Morgan fingerprint density at radius 2 is 2.11 bits per heavy atom. The summed E-state index contributed by atoms with van der Waals surface area (Å²) in [6, 6.07) is 6.93. The zero-order valence-corrected chi connectivity index (χ0v) is 15.9. The zero-order valence-electron chi connectivity index (χ0n) is 15.9. The van der Waals surface area contributed by atoms with Crippen molar-refractivity contribution in [1.82, 2.24) is 25.5 Å². The fourth-order valence-corrected chi connectivity index (χ4v) is 2.95. The molecule has 3 aromatic rings. The maximum Gasteiger partial charge on any atom is 0.359 e. The van der Waals surface area contributed by atoms with Crippen LogP contribution in [0.3, 0.4) is 0 Å². The van der Waals surface area contributed by atoms with E-state index in [0.717, 1.165) is 5.69 Å². The highest BCUT2D eigenvalue weighted by atomic mass is 16.5. The van der Waals surface area contributed by atoms with Crippen molar-refractivity contribution in [2.75, 3.05) is 7.11 Å². The number of methoxy groups -OCH3 is 1. The van der Waals surface area contributed by atoms with Crippen LogP contribution < -0.4 is 5.32 Å². The van der Waals surface area contributed by atoms with Crippen LogP contribution in [0, 0.1) is 6.92 Å². The van der Waals surface area contributed by atoms with Crippen molar-refractivity contribution in [3.8, 4) is 11.1 Å². The van der Waals surface area contributed by atoms with Gasteiger partial charge in [-0.3, -0.25) is 19.9 Å². The first kappa shape index (κ1) is 19.2. The van der Waals surface area contributed by atoms with Crippen molar-refractivity contribution in [3.63, 3.8) is 0 Å². The first-order valence-corrected chi connectivity index (χ1v) is 8.79. The minimum Gasteiger partial charge on any atom is -0.464 e. The minimum atomic E-state index is -0.535. The first-order chi connectivity index (χ1) is 13.5. The first-order valence-electron chi connectivity index (χ1n) is 8.79. The molecular formula is C20H21N5O3. The highest BCUT2D eigenvalue weighted by Gasteiger charge is 2.20. The number of benzene rings is 1. The lowest BCUT2D eigenvalue weighted by Crippen LogP contribution is -2.34. The number of aryl methyl sites for hydroxylation is 1. The molecule has 0 radical (unpaired) electrons. The molecule has 1 atom stereocenters. The van der Waals surface area contributed by atoms with Gasteiger partial charge in [0.15, 0.2) is 5.69 Å². The summed E-state index contributed by atoms with van der Waals surface area (Å²) in [5.74, 6) is -0.745. The van der Waals surface area contributed by atoms with Crippen LogP contribution in [0.5, 0.6) is 0 Å². The van der Waals surface area contributed by atoms with Gasteiger partial charge in [-0.1, -0.05) is 12.1 Å². The molecule has 8 heteroatoms. The molecule has 0 saturated carbocycles. The number of carbonyl (C=O) groups excluding carboxylic acids is 2. The summed E-state index contributed by atoms with van der Waals surface area (Å²) in [6.07, 6.45) is 5.49. The number of H-pyrrole nitrogens is 1. The number of hydrogen-bond donors (Lipinski definition) is 2. The Morgan fingerprint density at radius 3 is 2.82 bits per heavy atom. The highest BCUT2D eigenvalue weighted by molar-refractivity contribution is 5.99. The number of carbonyl (C=O) groups is 2. The summed E-state index contributed by atoms with van der Waals surface area (Å²) in [6.45, 7) is 3.72. The zero-order chi connectivity index (χ0) is 20.1. The molecule has 144 valence electrons. The average Bonchev–Trinajstić information content (AvgIpc) is 3.09. The number of amides is 1. The molecule has 2 aromatic heterocycles. The van der Waals surface area contributed by atoms with Gasteiger partial charge in [0.25, 0.3) is 5.91 Å². The lowest BCUT2D eigenvalue weighted by molar-refractivity contribution is 0.0594. The second-order valence-electron chi connectivity index (χ2n) is 6.42. The Kier molecular flexibility index (Phi) is 5.78. The Hall–Kier alpha value is -3.55. The van der Waals surface area contributed by atoms with Crippen LogP contribution in [0.15, 0.2) is 42.9 Å². The molecule has 1 aromatic carbocycles. The fraction of sp³-hybridized carbons (Fsp3) is 0.250. The van der Waals surface area contributed by atoms with Gasteiger partial charge in [0, 0.05) is 47.9 Å². The molecule has 0 saturated heterocycles. The van der Waals surface area contributed by atoms with Crippen molar-refractivity contribution >= 4 is 11.9 Å². The third-order valence-electron chi connectivity index (χ3n) is 4.25. The SMILES string of the molecule is COC(=O)c1n[nH]c(C)c1-c1cccc(C(=O)N[C@@H](C)Cc2cnccn2)c1. The maximum atomic E-state index is 12.7. The second-order valence-corrected chi connectivity index (χ2v) is 6.42. The van der Waals surface area contributed by atoms with Crippen molar-refractivity contribution < 1.29 is 14.3 Å². The second kappa shape index (κ2) is 8.43. The number of hydrogen-bond acceptors (Lipinski definition) is 6. The lowest BCUT2D eigenvalue weighted by Gasteiger charge is -2.14. The number of nitrogens with zero attached hydrogens (tertiary/aromatic N) is 3. The van der Waals surface area contributed by atoms with Gasteiger partial charge in [-0.25, -0.2) is 4.79 Å². The smallest absolute Gasteiger partial charge is 0.359 e. The van der Waals surface area contributed by atoms with E-state index in [1.807, 2.05) is 19.9 Å². The van der Waals surface area contributed by atoms with Gasteiger partial charge in [0.05, 0.1) is 12.8 Å². The molecule has 0 bridgehead atoms. The molecular weight excluding hydrogens is 358 g/mol. The van der Waals surface area contributed by atoms with Crippen LogP contribution in [-0.4, -0.2) is 45.2 Å². The third kappa shape index (κ3) is 4.22. The summed E-state index contributed by atoms with van der Waals surface area (Å²) >= 11 is 0. The number of nitrogens with one attached hydrogen (secondary N) is 2. The monoisotopic (exact) mass is 379 g/mol. The van der Waals surface area contributed by atoms with Crippen LogP contribution in [0.2, 0.25) is 0 Å². The van der Waals surface area contributed by atoms with E-state index in [0.29, 0.717) is 28.8 Å². The average molecular weight is 379 g/mol. The number of ether oxygens (including phenoxy) is 1. The van der Waals surface area contributed by atoms with Crippen LogP contribution in [0.1, 0.15) is 39.2 Å². The number of aromatic nitrogens is 4. The Labute approximate surface area is 162 Å². The van der Waals surface area contributed by atoms with E-state index in [2.05, 4.69) is 25.5 Å². The van der Waals surface area contributed by atoms with Gasteiger partial charge in [-0.2, -0.15) is 5.10 Å². The molecule has 3 rings (SSSR count). The van der Waals surface area contributed by atoms with Crippen LogP contribution >= 0.6 is 0 Å². The Morgan fingerprint density at radius 1 is 1.29 bits per heavy atom. The van der Waals surface area contributed by atoms with Crippen LogP contribution in [0.4, 0.5) is 0 Å². The molecule has 0 unspecified atom stereocenters. The Bertz CT molecular complexity index is 985. The predicted octanol–water partition coefficient (Wildman–Crippen LogP) is 2.32. The molecule has 0 spiro atoms. The largest absolute Gasteiger partial charge is 0.464 e. The van der Waals surface area contributed by atoms with Gasteiger partial charge >= 0.3 is 5.97 Å². The maximum absolute atomic E-state index is 12.7. The van der Waals surface area contributed by atoms with Crippen molar-refractivity contribution in [2.45, 2.75) is 26.3 Å². The molecule has 2 heterocycles. The summed E-state index contributed by atoms with van der Waals surface area (Å²) in [5, 5.41) is 9.77. The molecule has 28 heavy (non-hydrogen) atoms. The van der Waals surface area contributed by atoms with Gasteiger partial charge in [-0.15, -0.1) is 0 Å². The standard InChI is InChI=1S/C20H21N5O3/c1-12(9-16-11-21-7-8-22-16)23-19(26)15-6-4-5-14(10-15)17-13(2)24-25-18(17)20(27)28-3/h4-8,10-12H,9H2,1-3H3,(H,23,26)(H,24,25)/t12-/m0/s1. The highest BCUT2D eigenvalue weighted by Crippen LogP contribution is 2.27.